The third kappa shape index (κ3) is 3.26. The van der Waals surface area contributed by atoms with Crippen LogP contribution in [0.4, 0.5) is 0 Å². The van der Waals surface area contributed by atoms with Crippen molar-refractivity contribution >= 4 is 22.8 Å². The Morgan fingerprint density at radius 3 is 2.76 bits per heavy atom. The van der Waals surface area contributed by atoms with Gasteiger partial charge in [0.05, 0.1) is 6.61 Å². The van der Waals surface area contributed by atoms with Gasteiger partial charge in [-0.25, -0.2) is 4.79 Å². The topological polar surface area (TPSA) is 108 Å². The Morgan fingerprint density at radius 2 is 2.10 bits per heavy atom. The first-order chi connectivity index (χ1) is 10.0. The third-order valence-electron chi connectivity index (χ3n) is 2.92. The van der Waals surface area contributed by atoms with Crippen molar-refractivity contribution in [3.8, 4) is 0 Å². The molecule has 1 aromatic carbocycles. The molecule has 7 heteroatoms. The number of amides is 1. The number of ether oxygens (including phenoxy) is 1. The van der Waals surface area contributed by atoms with Gasteiger partial charge >= 0.3 is 5.97 Å². The number of nitrogens with one attached hydrogen (secondary N) is 2. The Labute approximate surface area is 119 Å². The van der Waals surface area contributed by atoms with Gasteiger partial charge in [-0.3, -0.25) is 9.59 Å². The van der Waals surface area contributed by atoms with Crippen LogP contribution in [0.3, 0.4) is 0 Å². The average Bonchev–Trinajstić information content (AvgIpc) is 2.46. The predicted molar refractivity (Wildman–Crippen MR) is 75.3 cm³/mol. The fraction of sp³-hybridized carbons (Fsp3) is 0.214. The van der Waals surface area contributed by atoms with Crippen LogP contribution in [0.2, 0.25) is 0 Å². The highest BCUT2D eigenvalue weighted by Crippen LogP contribution is 2.07. The van der Waals surface area contributed by atoms with E-state index in [0.29, 0.717) is 10.9 Å². The van der Waals surface area contributed by atoms with E-state index in [9.17, 15) is 14.4 Å². The summed E-state index contributed by atoms with van der Waals surface area (Å²) < 4.78 is 4.73. The number of rotatable bonds is 5. The molecule has 0 aliphatic carbocycles. The number of carboxylic acid groups (broad SMARTS) is 1. The van der Waals surface area contributed by atoms with E-state index < -0.39 is 17.9 Å². The van der Waals surface area contributed by atoms with Crippen LogP contribution in [0.5, 0.6) is 0 Å². The molecule has 1 aromatic heterocycles. The molecule has 0 saturated carbocycles. The van der Waals surface area contributed by atoms with Crippen LogP contribution >= 0.6 is 0 Å². The molecule has 3 N–H and O–H groups in total. The van der Waals surface area contributed by atoms with Gasteiger partial charge in [-0.1, -0.05) is 12.1 Å². The van der Waals surface area contributed by atoms with Gasteiger partial charge in [-0.15, -0.1) is 0 Å². The van der Waals surface area contributed by atoms with Gasteiger partial charge < -0.3 is 20.1 Å². The molecular formula is C14H14N2O5. The summed E-state index contributed by atoms with van der Waals surface area (Å²) in [5.41, 5.74) is 0.197. The van der Waals surface area contributed by atoms with Crippen molar-refractivity contribution < 1.29 is 19.4 Å². The minimum atomic E-state index is -1.21. The second kappa shape index (κ2) is 6.19. The standard InChI is InChI=1S/C14H14N2O5/c1-21-7-11(14(19)20)16-13(18)10-6-12(17)8-4-2-3-5-9(8)15-10/h2-6,11H,7H2,1H3,(H,15,17)(H,16,18)(H,19,20). The molecule has 0 spiro atoms. The molecule has 0 fully saturated rings. The fourth-order valence-corrected chi connectivity index (χ4v) is 1.90. The lowest BCUT2D eigenvalue weighted by Gasteiger charge is -2.13. The Kier molecular flexibility index (Phi) is 4.34. The number of para-hydroxylation sites is 1. The molecular weight excluding hydrogens is 276 g/mol. The number of pyridine rings is 1. The van der Waals surface area contributed by atoms with E-state index in [2.05, 4.69) is 10.3 Å². The highest BCUT2D eigenvalue weighted by Gasteiger charge is 2.21. The molecule has 0 bridgehead atoms. The minimum Gasteiger partial charge on any atom is -0.480 e. The first-order valence-electron chi connectivity index (χ1n) is 6.17. The molecule has 21 heavy (non-hydrogen) atoms. The molecule has 110 valence electrons. The number of hydrogen-bond acceptors (Lipinski definition) is 4. The molecule has 7 nitrogen and oxygen atoms in total. The van der Waals surface area contributed by atoms with Gasteiger partial charge in [0.2, 0.25) is 0 Å². The molecule has 2 aromatic rings. The molecule has 0 aliphatic heterocycles. The number of benzene rings is 1. The van der Waals surface area contributed by atoms with Gasteiger partial charge in [0.1, 0.15) is 5.69 Å². The number of methoxy groups -OCH3 is 1. The maximum Gasteiger partial charge on any atom is 0.328 e. The first kappa shape index (κ1) is 14.7. The largest absolute Gasteiger partial charge is 0.480 e. The summed E-state index contributed by atoms with van der Waals surface area (Å²) in [4.78, 5) is 37.7. The van der Waals surface area contributed by atoms with Crippen LogP contribution in [0.25, 0.3) is 10.9 Å². The number of carboxylic acids is 1. The number of aliphatic carboxylic acids is 1. The monoisotopic (exact) mass is 290 g/mol. The van der Waals surface area contributed by atoms with Crippen LogP contribution < -0.4 is 10.7 Å². The van der Waals surface area contributed by atoms with Crippen LogP contribution in [0, 0.1) is 0 Å². The number of hydrogen-bond donors (Lipinski definition) is 3. The highest BCUT2D eigenvalue weighted by atomic mass is 16.5. The third-order valence-corrected chi connectivity index (χ3v) is 2.92. The zero-order valence-electron chi connectivity index (χ0n) is 11.3. The zero-order valence-corrected chi connectivity index (χ0v) is 11.3. The summed E-state index contributed by atoms with van der Waals surface area (Å²) in [5, 5.41) is 11.7. The van der Waals surface area contributed by atoms with E-state index in [1.807, 2.05) is 0 Å². The van der Waals surface area contributed by atoms with Crippen molar-refractivity contribution in [2.24, 2.45) is 0 Å². The molecule has 2 rings (SSSR count). The quantitative estimate of drug-likeness (QED) is 0.736. The van der Waals surface area contributed by atoms with E-state index in [0.717, 1.165) is 6.07 Å². The smallest absolute Gasteiger partial charge is 0.328 e. The Morgan fingerprint density at radius 1 is 1.38 bits per heavy atom. The average molecular weight is 290 g/mol. The van der Waals surface area contributed by atoms with Crippen LogP contribution in [-0.2, 0) is 9.53 Å². The number of H-pyrrole nitrogens is 1. The van der Waals surface area contributed by atoms with Gasteiger partial charge in [-0.2, -0.15) is 0 Å². The number of carbonyl (C=O) groups excluding carboxylic acids is 1. The van der Waals surface area contributed by atoms with Gasteiger partial charge in [0, 0.05) is 24.1 Å². The Hall–Kier alpha value is -2.67. The molecule has 1 atom stereocenters. The molecule has 0 radical (unpaired) electrons. The summed E-state index contributed by atoms with van der Waals surface area (Å²) in [7, 11) is 1.33. The highest BCUT2D eigenvalue weighted by molar-refractivity contribution is 5.96. The first-order valence-corrected chi connectivity index (χ1v) is 6.17. The summed E-state index contributed by atoms with van der Waals surface area (Å²) in [6.45, 7) is -0.168. The maximum atomic E-state index is 12.0. The zero-order chi connectivity index (χ0) is 15.4. The summed E-state index contributed by atoms with van der Waals surface area (Å²) in [6, 6.07) is 6.71. The van der Waals surface area contributed by atoms with E-state index in [1.54, 1.807) is 24.3 Å². The molecule has 0 aliphatic rings. The van der Waals surface area contributed by atoms with Crippen LogP contribution in [0.15, 0.2) is 35.1 Å². The van der Waals surface area contributed by atoms with Gasteiger partial charge in [0.25, 0.3) is 5.91 Å². The number of fused-ring (bicyclic) bond motifs is 1. The van der Waals surface area contributed by atoms with E-state index >= 15 is 0 Å². The Bertz CT molecular complexity index is 737. The van der Waals surface area contributed by atoms with Gasteiger partial charge in [0.15, 0.2) is 11.5 Å². The molecule has 0 saturated heterocycles. The van der Waals surface area contributed by atoms with Crippen molar-refractivity contribution in [1.29, 1.82) is 0 Å². The van der Waals surface area contributed by atoms with Crippen molar-refractivity contribution in [3.63, 3.8) is 0 Å². The number of carbonyl (C=O) groups is 2. The van der Waals surface area contributed by atoms with E-state index in [4.69, 9.17) is 9.84 Å². The van der Waals surface area contributed by atoms with Gasteiger partial charge in [-0.05, 0) is 12.1 Å². The number of aromatic amines is 1. The van der Waals surface area contributed by atoms with Crippen LogP contribution in [-0.4, -0.2) is 41.7 Å². The lowest BCUT2D eigenvalue weighted by molar-refractivity contribution is -0.140. The lowest BCUT2D eigenvalue weighted by atomic mass is 10.2. The van der Waals surface area contributed by atoms with Crippen molar-refractivity contribution in [3.05, 3.63) is 46.2 Å². The Balaban J connectivity index is 2.31. The maximum absolute atomic E-state index is 12.0. The number of aromatic nitrogens is 1. The van der Waals surface area contributed by atoms with Crippen molar-refractivity contribution in [2.45, 2.75) is 6.04 Å². The van der Waals surface area contributed by atoms with E-state index in [-0.39, 0.29) is 17.7 Å². The fourth-order valence-electron chi connectivity index (χ4n) is 1.90. The van der Waals surface area contributed by atoms with Crippen molar-refractivity contribution in [2.75, 3.05) is 13.7 Å². The predicted octanol–water partition coefficient (Wildman–Crippen LogP) is 0.357. The summed E-state index contributed by atoms with van der Waals surface area (Å²) in [5.74, 6) is -1.89. The molecule has 1 amide bonds. The lowest BCUT2D eigenvalue weighted by Crippen LogP contribution is -2.44. The molecule has 1 unspecified atom stereocenters. The van der Waals surface area contributed by atoms with Crippen molar-refractivity contribution in [1.82, 2.24) is 10.3 Å². The second-order valence-corrected chi connectivity index (χ2v) is 4.41. The second-order valence-electron chi connectivity index (χ2n) is 4.41. The molecule has 1 heterocycles. The summed E-state index contributed by atoms with van der Waals surface area (Å²) >= 11 is 0. The van der Waals surface area contributed by atoms with Crippen LogP contribution in [0.1, 0.15) is 10.5 Å². The summed E-state index contributed by atoms with van der Waals surface area (Å²) in [6.07, 6.45) is 0. The SMILES string of the molecule is COCC(NC(=O)c1cc(=O)c2ccccc2[nH]1)C(=O)O. The normalized spacial score (nSPS) is 12.0. The minimum absolute atomic E-state index is 0.000975. The van der Waals surface area contributed by atoms with E-state index in [1.165, 1.54) is 7.11 Å².